The maximum atomic E-state index is 9.88. The predicted octanol–water partition coefficient (Wildman–Crippen LogP) is 3.03. The molecule has 3 nitrogen and oxygen atoms in total. The number of likely N-dealkylation sites (tertiary alicyclic amines) is 1. The van der Waals surface area contributed by atoms with Crippen LogP contribution in [0, 0.1) is 0 Å². The molecule has 0 aromatic heterocycles. The molecule has 0 aliphatic carbocycles. The SMILES string of the molecule is CC(c1c(O)cccc1O)N1CCCCCC1. The van der Waals surface area contributed by atoms with E-state index in [0.717, 1.165) is 13.1 Å². The minimum absolute atomic E-state index is 0.0781. The molecular formula is C14H21NO2. The van der Waals surface area contributed by atoms with Gasteiger partial charge in [0.25, 0.3) is 0 Å². The minimum atomic E-state index is 0.0781. The zero-order valence-corrected chi connectivity index (χ0v) is 10.4. The third-order valence-electron chi connectivity index (χ3n) is 3.67. The lowest BCUT2D eigenvalue weighted by Crippen LogP contribution is -2.28. The highest BCUT2D eigenvalue weighted by Gasteiger charge is 2.22. The fourth-order valence-electron chi connectivity index (χ4n) is 2.63. The first-order valence-corrected chi connectivity index (χ1v) is 6.45. The van der Waals surface area contributed by atoms with Gasteiger partial charge in [-0.1, -0.05) is 18.9 Å². The standard InChI is InChI=1S/C14H21NO2/c1-11(15-9-4-2-3-5-10-15)14-12(16)7-6-8-13(14)17/h6-8,11,16-17H,2-5,9-10H2,1H3. The first kappa shape index (κ1) is 12.2. The molecule has 1 unspecified atom stereocenters. The molecule has 0 amide bonds. The van der Waals surface area contributed by atoms with Crippen molar-refractivity contribution in [1.29, 1.82) is 0 Å². The van der Waals surface area contributed by atoms with Crippen LogP contribution < -0.4 is 0 Å². The molecule has 1 fully saturated rings. The summed E-state index contributed by atoms with van der Waals surface area (Å²) in [6, 6.07) is 5.03. The average molecular weight is 235 g/mol. The first-order chi connectivity index (χ1) is 8.20. The topological polar surface area (TPSA) is 43.7 Å². The molecule has 1 aromatic rings. The van der Waals surface area contributed by atoms with Crippen LogP contribution in [0.4, 0.5) is 0 Å². The van der Waals surface area contributed by atoms with Crippen molar-refractivity contribution in [3.05, 3.63) is 23.8 Å². The van der Waals surface area contributed by atoms with Crippen molar-refractivity contribution in [1.82, 2.24) is 4.90 Å². The third-order valence-corrected chi connectivity index (χ3v) is 3.67. The molecule has 1 saturated heterocycles. The smallest absolute Gasteiger partial charge is 0.124 e. The number of hydrogen-bond acceptors (Lipinski definition) is 3. The highest BCUT2D eigenvalue weighted by molar-refractivity contribution is 5.44. The van der Waals surface area contributed by atoms with E-state index in [1.807, 2.05) is 0 Å². The fourth-order valence-corrected chi connectivity index (χ4v) is 2.63. The van der Waals surface area contributed by atoms with Crippen LogP contribution in [0.3, 0.4) is 0 Å². The fraction of sp³-hybridized carbons (Fsp3) is 0.571. The molecule has 2 rings (SSSR count). The van der Waals surface area contributed by atoms with Gasteiger partial charge in [0.1, 0.15) is 11.5 Å². The van der Waals surface area contributed by atoms with Crippen molar-refractivity contribution in [2.75, 3.05) is 13.1 Å². The van der Waals surface area contributed by atoms with Gasteiger partial charge in [-0.3, -0.25) is 4.90 Å². The van der Waals surface area contributed by atoms with E-state index < -0.39 is 0 Å². The number of hydrogen-bond donors (Lipinski definition) is 2. The highest BCUT2D eigenvalue weighted by Crippen LogP contribution is 2.36. The predicted molar refractivity (Wildman–Crippen MR) is 68.2 cm³/mol. The van der Waals surface area contributed by atoms with E-state index in [-0.39, 0.29) is 17.5 Å². The number of phenolic OH excluding ortho intramolecular Hbond substituents is 2. The molecule has 1 aromatic carbocycles. The van der Waals surface area contributed by atoms with Crippen molar-refractivity contribution in [3.8, 4) is 11.5 Å². The summed E-state index contributed by atoms with van der Waals surface area (Å²) in [6.45, 7) is 4.16. The zero-order chi connectivity index (χ0) is 12.3. The second-order valence-electron chi connectivity index (χ2n) is 4.84. The largest absolute Gasteiger partial charge is 0.507 e. The van der Waals surface area contributed by atoms with Gasteiger partial charge in [0, 0.05) is 6.04 Å². The molecule has 2 N–H and O–H groups in total. The van der Waals surface area contributed by atoms with Gasteiger partial charge in [0.15, 0.2) is 0 Å². The van der Waals surface area contributed by atoms with Gasteiger partial charge >= 0.3 is 0 Å². The number of nitrogens with zero attached hydrogens (tertiary/aromatic N) is 1. The molecule has 0 saturated carbocycles. The van der Waals surface area contributed by atoms with Gasteiger partial charge in [-0.15, -0.1) is 0 Å². The van der Waals surface area contributed by atoms with E-state index in [4.69, 9.17) is 0 Å². The van der Waals surface area contributed by atoms with Crippen molar-refractivity contribution in [2.45, 2.75) is 38.6 Å². The average Bonchev–Trinajstić information content (AvgIpc) is 2.57. The lowest BCUT2D eigenvalue weighted by molar-refractivity contribution is 0.211. The zero-order valence-electron chi connectivity index (χ0n) is 10.4. The van der Waals surface area contributed by atoms with Crippen LogP contribution in [-0.4, -0.2) is 28.2 Å². The Bertz CT molecular complexity index is 350. The van der Waals surface area contributed by atoms with E-state index in [1.54, 1.807) is 18.2 Å². The summed E-state index contributed by atoms with van der Waals surface area (Å²) in [7, 11) is 0. The quantitative estimate of drug-likeness (QED) is 0.828. The van der Waals surface area contributed by atoms with Gasteiger partial charge in [-0.05, 0) is 45.0 Å². The van der Waals surface area contributed by atoms with E-state index in [1.165, 1.54) is 25.7 Å². The Morgan fingerprint density at radius 3 is 2.06 bits per heavy atom. The molecule has 1 aliphatic rings. The summed E-state index contributed by atoms with van der Waals surface area (Å²) >= 11 is 0. The van der Waals surface area contributed by atoms with Gasteiger partial charge < -0.3 is 10.2 Å². The van der Waals surface area contributed by atoms with Crippen LogP contribution in [0.5, 0.6) is 11.5 Å². The monoisotopic (exact) mass is 235 g/mol. The Labute approximate surface area is 103 Å². The van der Waals surface area contributed by atoms with Crippen molar-refractivity contribution in [2.24, 2.45) is 0 Å². The van der Waals surface area contributed by atoms with Crippen LogP contribution >= 0.6 is 0 Å². The molecule has 0 spiro atoms. The highest BCUT2D eigenvalue weighted by atomic mass is 16.3. The molecule has 1 heterocycles. The van der Waals surface area contributed by atoms with E-state index >= 15 is 0 Å². The summed E-state index contributed by atoms with van der Waals surface area (Å²) in [5.74, 6) is 0.392. The Morgan fingerprint density at radius 1 is 1.00 bits per heavy atom. The number of phenols is 2. The van der Waals surface area contributed by atoms with Crippen molar-refractivity contribution in [3.63, 3.8) is 0 Å². The van der Waals surface area contributed by atoms with Gasteiger partial charge in [-0.25, -0.2) is 0 Å². The van der Waals surface area contributed by atoms with Gasteiger partial charge in [0.2, 0.25) is 0 Å². The molecule has 0 radical (unpaired) electrons. The molecule has 0 bridgehead atoms. The van der Waals surface area contributed by atoms with Crippen LogP contribution in [0.25, 0.3) is 0 Å². The Balaban J connectivity index is 2.20. The Kier molecular flexibility index (Phi) is 3.89. The Morgan fingerprint density at radius 2 is 1.53 bits per heavy atom. The van der Waals surface area contributed by atoms with Crippen molar-refractivity contribution >= 4 is 0 Å². The summed E-state index contributed by atoms with van der Waals surface area (Å²) in [5, 5.41) is 19.8. The minimum Gasteiger partial charge on any atom is -0.507 e. The number of rotatable bonds is 2. The molecule has 3 heteroatoms. The van der Waals surface area contributed by atoms with E-state index in [9.17, 15) is 10.2 Å². The lowest BCUT2D eigenvalue weighted by atomic mass is 10.0. The number of aromatic hydroxyl groups is 2. The number of benzene rings is 1. The van der Waals surface area contributed by atoms with Gasteiger partial charge in [0.05, 0.1) is 5.56 Å². The summed E-state index contributed by atoms with van der Waals surface area (Å²) in [6.07, 6.45) is 4.99. The normalized spacial score (nSPS) is 19.8. The van der Waals surface area contributed by atoms with E-state index in [2.05, 4.69) is 11.8 Å². The van der Waals surface area contributed by atoms with Crippen LogP contribution in [-0.2, 0) is 0 Å². The van der Waals surface area contributed by atoms with Crippen molar-refractivity contribution < 1.29 is 10.2 Å². The van der Waals surface area contributed by atoms with Crippen LogP contribution in [0.2, 0.25) is 0 Å². The van der Waals surface area contributed by atoms with Crippen LogP contribution in [0.1, 0.15) is 44.2 Å². The molecule has 94 valence electrons. The summed E-state index contributed by atoms with van der Waals surface area (Å²) in [4.78, 5) is 2.35. The van der Waals surface area contributed by atoms with Gasteiger partial charge in [-0.2, -0.15) is 0 Å². The third kappa shape index (κ3) is 2.72. The molecule has 1 aliphatic heterocycles. The maximum Gasteiger partial charge on any atom is 0.124 e. The summed E-state index contributed by atoms with van der Waals surface area (Å²) < 4.78 is 0. The maximum absolute atomic E-state index is 9.88. The first-order valence-electron chi connectivity index (χ1n) is 6.45. The molecular weight excluding hydrogens is 214 g/mol. The Hall–Kier alpha value is -1.22. The van der Waals surface area contributed by atoms with E-state index in [0.29, 0.717) is 5.56 Å². The summed E-state index contributed by atoms with van der Waals surface area (Å²) in [5.41, 5.74) is 0.661. The molecule has 1 atom stereocenters. The second kappa shape index (κ2) is 5.41. The second-order valence-corrected chi connectivity index (χ2v) is 4.84. The van der Waals surface area contributed by atoms with Crippen LogP contribution in [0.15, 0.2) is 18.2 Å². The lowest BCUT2D eigenvalue weighted by Gasteiger charge is -2.28. The molecule has 17 heavy (non-hydrogen) atoms.